The van der Waals surface area contributed by atoms with Crippen LogP contribution in [-0.4, -0.2) is 17.8 Å². The maximum Gasteiger partial charge on any atom is 0.422 e. The molecule has 15 heavy (non-hydrogen) atoms. The fourth-order valence-electron chi connectivity index (χ4n) is 0.976. The summed E-state index contributed by atoms with van der Waals surface area (Å²) in [5.74, 6) is 0. The Morgan fingerprint density at radius 2 is 1.80 bits per heavy atom. The summed E-state index contributed by atoms with van der Waals surface area (Å²) in [6.45, 7) is -1.32. The molecule has 1 aromatic carbocycles. The van der Waals surface area contributed by atoms with Gasteiger partial charge in [-0.15, -0.1) is 0 Å². The van der Waals surface area contributed by atoms with Crippen LogP contribution >= 0.6 is 12.2 Å². The molecule has 0 bridgehead atoms. The summed E-state index contributed by atoms with van der Waals surface area (Å²) >= 11 is 4.68. The first-order chi connectivity index (χ1) is 6.97. The van der Waals surface area contributed by atoms with E-state index in [0.29, 0.717) is 0 Å². The molecule has 0 aromatic heterocycles. The van der Waals surface area contributed by atoms with Crippen LogP contribution in [-0.2, 0) is 11.2 Å². The largest absolute Gasteiger partial charge is 0.477 e. The van der Waals surface area contributed by atoms with E-state index < -0.39 is 12.8 Å². The van der Waals surface area contributed by atoms with Crippen molar-refractivity contribution in [1.29, 1.82) is 0 Å². The van der Waals surface area contributed by atoms with E-state index >= 15 is 0 Å². The van der Waals surface area contributed by atoms with Gasteiger partial charge in [0.1, 0.15) is 0 Å². The molecule has 0 atom stereocenters. The van der Waals surface area contributed by atoms with Crippen LogP contribution in [0.5, 0.6) is 0 Å². The second-order valence-corrected chi connectivity index (χ2v) is 3.39. The molecule has 0 saturated heterocycles. The van der Waals surface area contributed by atoms with Gasteiger partial charge in [0.15, 0.2) is 11.7 Å². The van der Waals surface area contributed by atoms with Gasteiger partial charge in [-0.3, -0.25) is 0 Å². The van der Waals surface area contributed by atoms with Gasteiger partial charge < -0.3 is 4.74 Å². The van der Waals surface area contributed by atoms with E-state index in [1.807, 2.05) is 6.07 Å². The first-order valence-corrected chi connectivity index (χ1v) is 4.64. The van der Waals surface area contributed by atoms with Crippen LogP contribution in [0.25, 0.3) is 0 Å². The Labute approximate surface area is 90.9 Å². The summed E-state index contributed by atoms with van der Waals surface area (Å²) in [6.07, 6.45) is -4.10. The smallest absolute Gasteiger partial charge is 0.422 e. The molecule has 0 radical (unpaired) electrons. The average Bonchev–Trinajstić information content (AvgIpc) is 2.15. The van der Waals surface area contributed by atoms with Crippen LogP contribution in [0.1, 0.15) is 5.56 Å². The molecule has 1 rings (SSSR count). The van der Waals surface area contributed by atoms with Crippen LogP contribution < -0.4 is 0 Å². The molecule has 0 fully saturated rings. The van der Waals surface area contributed by atoms with Gasteiger partial charge in [-0.2, -0.15) is 13.2 Å². The quantitative estimate of drug-likeness (QED) is 0.743. The van der Waals surface area contributed by atoms with E-state index in [2.05, 4.69) is 17.0 Å². The third-order valence-corrected chi connectivity index (χ3v) is 1.85. The fraction of sp³-hybridized carbons (Fsp3) is 0.300. The van der Waals surface area contributed by atoms with E-state index in [-0.39, 0.29) is 11.5 Å². The zero-order valence-corrected chi connectivity index (χ0v) is 8.57. The molecule has 1 nitrogen and oxygen atoms in total. The van der Waals surface area contributed by atoms with Gasteiger partial charge in [0.2, 0.25) is 0 Å². The summed E-state index contributed by atoms with van der Waals surface area (Å²) in [4.78, 5) is 0. The van der Waals surface area contributed by atoms with Crippen molar-refractivity contribution < 1.29 is 17.9 Å². The van der Waals surface area contributed by atoms with E-state index in [1.165, 1.54) is 0 Å². The molecule has 0 unspecified atom stereocenters. The van der Waals surface area contributed by atoms with E-state index in [0.717, 1.165) is 5.56 Å². The molecular weight excluding hydrogens is 225 g/mol. The lowest BCUT2D eigenvalue weighted by atomic mass is 10.2. The Balaban J connectivity index is 2.38. The van der Waals surface area contributed by atoms with Gasteiger partial charge >= 0.3 is 6.18 Å². The minimum Gasteiger partial charge on any atom is -0.477 e. The van der Waals surface area contributed by atoms with Gasteiger partial charge in [-0.25, -0.2) is 0 Å². The van der Waals surface area contributed by atoms with E-state index in [1.54, 1.807) is 24.3 Å². The molecule has 0 amide bonds. The summed E-state index contributed by atoms with van der Waals surface area (Å²) in [5.41, 5.74) is 0.838. The monoisotopic (exact) mass is 234 g/mol. The van der Waals surface area contributed by atoms with Crippen LogP contribution in [0.3, 0.4) is 0 Å². The zero-order valence-electron chi connectivity index (χ0n) is 7.75. The SMILES string of the molecule is FC(F)(F)COC(=S)Cc1ccccc1. The predicted octanol–water partition coefficient (Wildman–Crippen LogP) is 3.14. The van der Waals surface area contributed by atoms with Gasteiger partial charge in [0.05, 0.1) is 0 Å². The van der Waals surface area contributed by atoms with Gasteiger partial charge in [-0.05, 0) is 17.8 Å². The van der Waals surface area contributed by atoms with Crippen LogP contribution in [0, 0.1) is 0 Å². The van der Waals surface area contributed by atoms with Crippen molar-refractivity contribution in [3.05, 3.63) is 35.9 Å². The molecule has 1 aromatic rings. The number of alkyl halides is 3. The number of halogens is 3. The number of thiocarbonyl (C=S) groups is 1. The predicted molar refractivity (Wildman–Crippen MR) is 54.8 cm³/mol. The fourth-order valence-corrected chi connectivity index (χ4v) is 1.20. The Morgan fingerprint density at radius 1 is 1.20 bits per heavy atom. The summed E-state index contributed by atoms with van der Waals surface area (Å²) < 4.78 is 39.7. The van der Waals surface area contributed by atoms with Crippen molar-refractivity contribution in [3.63, 3.8) is 0 Å². The highest BCUT2D eigenvalue weighted by Crippen LogP contribution is 2.15. The number of rotatable bonds is 3. The lowest BCUT2D eigenvalue weighted by molar-refractivity contribution is -0.155. The van der Waals surface area contributed by atoms with Gasteiger partial charge in [-0.1, -0.05) is 30.3 Å². The van der Waals surface area contributed by atoms with Gasteiger partial charge in [0.25, 0.3) is 0 Å². The third-order valence-electron chi connectivity index (χ3n) is 1.59. The molecule has 0 spiro atoms. The van der Waals surface area contributed by atoms with Crippen molar-refractivity contribution >= 4 is 17.3 Å². The van der Waals surface area contributed by atoms with Crippen LogP contribution in [0.4, 0.5) is 13.2 Å². The zero-order chi connectivity index (χ0) is 11.3. The first kappa shape index (κ1) is 12.0. The average molecular weight is 234 g/mol. The number of benzene rings is 1. The molecule has 5 heteroatoms. The second-order valence-electron chi connectivity index (χ2n) is 2.94. The lowest BCUT2D eigenvalue weighted by Gasteiger charge is -2.09. The number of hydrogen-bond acceptors (Lipinski definition) is 2. The molecule has 82 valence electrons. The van der Waals surface area contributed by atoms with Crippen molar-refractivity contribution in [1.82, 2.24) is 0 Å². The third kappa shape index (κ3) is 5.37. The summed E-state index contributed by atoms with van der Waals surface area (Å²) in [5, 5.41) is -0.0430. The van der Waals surface area contributed by atoms with Crippen LogP contribution in [0.15, 0.2) is 30.3 Å². The maximum absolute atomic E-state index is 11.8. The van der Waals surface area contributed by atoms with Crippen LogP contribution in [0.2, 0.25) is 0 Å². The second kappa shape index (κ2) is 5.11. The van der Waals surface area contributed by atoms with Crippen molar-refractivity contribution in [2.24, 2.45) is 0 Å². The van der Waals surface area contributed by atoms with E-state index in [4.69, 9.17) is 0 Å². The molecule has 0 heterocycles. The van der Waals surface area contributed by atoms with Crippen molar-refractivity contribution in [3.8, 4) is 0 Å². The molecule has 0 aliphatic heterocycles. The molecule has 0 N–H and O–H groups in total. The summed E-state index contributed by atoms with van der Waals surface area (Å²) in [6, 6.07) is 8.97. The molecule has 0 saturated carbocycles. The maximum atomic E-state index is 11.8. The Kier molecular flexibility index (Phi) is 4.08. The van der Waals surface area contributed by atoms with Gasteiger partial charge in [0, 0.05) is 6.42 Å². The minimum atomic E-state index is -4.33. The standard InChI is InChI=1S/C10H9F3OS/c11-10(12,13)7-14-9(15)6-8-4-2-1-3-5-8/h1-5H,6-7H2. The number of hydrogen-bond donors (Lipinski definition) is 0. The highest BCUT2D eigenvalue weighted by Gasteiger charge is 2.28. The molecular formula is C10H9F3OS. The first-order valence-electron chi connectivity index (χ1n) is 4.24. The topological polar surface area (TPSA) is 9.23 Å². The normalized spacial score (nSPS) is 11.1. The van der Waals surface area contributed by atoms with Crippen molar-refractivity contribution in [2.45, 2.75) is 12.6 Å². The minimum absolute atomic E-state index is 0.0430. The molecule has 0 aliphatic carbocycles. The Morgan fingerprint density at radius 3 is 2.33 bits per heavy atom. The Hall–Kier alpha value is -1.10. The lowest BCUT2D eigenvalue weighted by Crippen LogP contribution is -2.20. The highest BCUT2D eigenvalue weighted by atomic mass is 32.1. The van der Waals surface area contributed by atoms with E-state index in [9.17, 15) is 13.2 Å². The molecule has 0 aliphatic rings. The highest BCUT2D eigenvalue weighted by molar-refractivity contribution is 7.80. The number of ether oxygens (including phenoxy) is 1. The Bertz CT molecular complexity index is 321. The van der Waals surface area contributed by atoms with Crippen molar-refractivity contribution in [2.75, 3.05) is 6.61 Å². The summed E-state index contributed by atoms with van der Waals surface area (Å²) in [7, 11) is 0.